The van der Waals surface area contributed by atoms with E-state index in [9.17, 15) is 4.79 Å². The second-order valence-electron chi connectivity index (χ2n) is 5.48. The summed E-state index contributed by atoms with van der Waals surface area (Å²) in [7, 11) is 0. The van der Waals surface area contributed by atoms with E-state index < -0.39 is 0 Å². The van der Waals surface area contributed by atoms with Crippen LogP contribution in [-0.2, 0) is 13.1 Å². The Hall–Kier alpha value is -2.77. The Labute approximate surface area is 140 Å². The van der Waals surface area contributed by atoms with Gasteiger partial charge in [0, 0.05) is 6.54 Å². The van der Waals surface area contributed by atoms with Gasteiger partial charge in [-0.2, -0.15) is 0 Å². The first-order valence-corrected chi connectivity index (χ1v) is 7.98. The third-order valence-corrected chi connectivity index (χ3v) is 3.86. The van der Waals surface area contributed by atoms with E-state index in [2.05, 4.69) is 20.8 Å². The van der Waals surface area contributed by atoms with Crippen LogP contribution in [0.2, 0.25) is 0 Å². The summed E-state index contributed by atoms with van der Waals surface area (Å²) < 4.78 is 13.0. The summed E-state index contributed by atoms with van der Waals surface area (Å²) in [5.41, 5.74) is 0.950. The first-order chi connectivity index (χ1) is 11.7. The van der Waals surface area contributed by atoms with Crippen molar-refractivity contribution in [2.75, 3.05) is 13.2 Å². The van der Waals surface area contributed by atoms with Crippen LogP contribution in [0.3, 0.4) is 0 Å². The summed E-state index contributed by atoms with van der Waals surface area (Å²) in [6.45, 7) is 6.10. The summed E-state index contributed by atoms with van der Waals surface area (Å²) in [4.78, 5) is 12.1. The van der Waals surface area contributed by atoms with Gasteiger partial charge in [0.1, 0.15) is 19.5 Å². The number of carbonyl (C=O) groups excluding carboxylic acids is 1. The molecule has 1 aliphatic rings. The van der Waals surface area contributed by atoms with Crippen LogP contribution in [-0.4, -0.2) is 34.0 Å². The lowest BCUT2D eigenvalue weighted by atomic mass is 10.1. The van der Waals surface area contributed by atoms with Crippen LogP contribution < -0.4 is 20.1 Å². The highest BCUT2D eigenvalue weighted by atomic mass is 16.6. The lowest BCUT2D eigenvalue weighted by molar-refractivity contribution is 0.171. The minimum atomic E-state index is -0.261. The van der Waals surface area contributed by atoms with Crippen molar-refractivity contribution in [1.82, 2.24) is 25.4 Å². The first kappa shape index (κ1) is 16.1. The van der Waals surface area contributed by atoms with Crippen LogP contribution in [0, 0.1) is 0 Å². The number of fused-ring (bicyclic) bond motifs is 1. The molecule has 2 N–H and O–H groups in total. The van der Waals surface area contributed by atoms with Crippen molar-refractivity contribution in [3.8, 4) is 11.5 Å². The third kappa shape index (κ3) is 3.58. The second-order valence-corrected chi connectivity index (χ2v) is 5.48. The number of urea groups is 1. The first-order valence-electron chi connectivity index (χ1n) is 7.98. The topological polar surface area (TPSA) is 90.3 Å². The standard InChI is InChI=1S/C16H21N5O3/c1-3-21-10-18-20-15(21)9-17-16(22)19-11(2)12-4-5-13-14(8-12)24-7-6-23-13/h4-5,8,10-11H,3,6-7,9H2,1-2H3,(H2,17,19,22)/t11-/m0/s1. The fraction of sp³-hybridized carbons (Fsp3) is 0.438. The lowest BCUT2D eigenvalue weighted by Gasteiger charge is -2.21. The number of nitrogens with one attached hydrogen (secondary N) is 2. The number of carbonyl (C=O) groups is 1. The van der Waals surface area contributed by atoms with Gasteiger partial charge in [-0.1, -0.05) is 6.07 Å². The molecule has 0 saturated carbocycles. The van der Waals surface area contributed by atoms with Crippen LogP contribution in [0.5, 0.6) is 11.5 Å². The maximum atomic E-state index is 12.1. The molecule has 1 aliphatic heterocycles. The molecule has 1 aromatic heterocycles. The minimum Gasteiger partial charge on any atom is -0.486 e. The Kier molecular flexibility index (Phi) is 4.83. The number of hydrogen-bond acceptors (Lipinski definition) is 5. The number of benzene rings is 1. The zero-order chi connectivity index (χ0) is 16.9. The normalized spacial score (nSPS) is 14.1. The molecule has 2 heterocycles. The molecule has 0 bridgehead atoms. The van der Waals surface area contributed by atoms with Crippen molar-refractivity contribution in [2.24, 2.45) is 0 Å². The molecule has 0 radical (unpaired) electrons. The Morgan fingerprint density at radius 3 is 2.92 bits per heavy atom. The summed E-state index contributed by atoms with van der Waals surface area (Å²) in [5.74, 6) is 2.17. The van der Waals surface area contributed by atoms with Gasteiger partial charge >= 0.3 is 6.03 Å². The smallest absolute Gasteiger partial charge is 0.315 e. The fourth-order valence-electron chi connectivity index (χ4n) is 2.50. The van der Waals surface area contributed by atoms with Gasteiger partial charge in [0.25, 0.3) is 0 Å². The molecular formula is C16H21N5O3. The largest absolute Gasteiger partial charge is 0.486 e. The number of hydrogen-bond donors (Lipinski definition) is 2. The predicted molar refractivity (Wildman–Crippen MR) is 86.9 cm³/mol. The maximum Gasteiger partial charge on any atom is 0.315 e. The number of aryl methyl sites for hydroxylation is 1. The molecule has 0 unspecified atom stereocenters. The molecule has 0 saturated heterocycles. The van der Waals surface area contributed by atoms with Crippen LogP contribution >= 0.6 is 0 Å². The maximum absolute atomic E-state index is 12.1. The molecule has 2 aromatic rings. The van der Waals surface area contributed by atoms with Gasteiger partial charge in [-0.05, 0) is 31.5 Å². The molecule has 0 aliphatic carbocycles. The van der Waals surface area contributed by atoms with Gasteiger partial charge in [0.2, 0.25) is 0 Å². The van der Waals surface area contributed by atoms with Gasteiger partial charge in [0.05, 0.1) is 12.6 Å². The molecule has 1 atom stereocenters. The summed E-state index contributed by atoms with van der Waals surface area (Å²) in [5, 5.41) is 13.5. The number of rotatable bonds is 5. The van der Waals surface area contributed by atoms with E-state index >= 15 is 0 Å². The second kappa shape index (κ2) is 7.20. The molecule has 24 heavy (non-hydrogen) atoms. The average Bonchev–Trinajstić information content (AvgIpc) is 3.07. The minimum absolute atomic E-state index is 0.162. The van der Waals surface area contributed by atoms with Crippen molar-refractivity contribution in [3.05, 3.63) is 35.9 Å². The van der Waals surface area contributed by atoms with Crippen LogP contribution in [0.4, 0.5) is 4.79 Å². The highest BCUT2D eigenvalue weighted by Gasteiger charge is 2.16. The average molecular weight is 331 g/mol. The van der Waals surface area contributed by atoms with E-state index in [0.29, 0.717) is 25.5 Å². The predicted octanol–water partition coefficient (Wildman–Crippen LogP) is 1.63. The number of nitrogens with zero attached hydrogens (tertiary/aromatic N) is 3. The Morgan fingerprint density at radius 1 is 1.33 bits per heavy atom. The van der Waals surface area contributed by atoms with E-state index in [4.69, 9.17) is 9.47 Å². The van der Waals surface area contributed by atoms with E-state index in [0.717, 1.165) is 23.7 Å². The molecule has 3 rings (SSSR count). The zero-order valence-electron chi connectivity index (χ0n) is 13.8. The van der Waals surface area contributed by atoms with Gasteiger partial charge in [-0.25, -0.2) is 4.79 Å². The number of aromatic nitrogens is 3. The summed E-state index contributed by atoms with van der Waals surface area (Å²) >= 11 is 0. The van der Waals surface area contributed by atoms with Gasteiger partial charge in [-0.15, -0.1) is 10.2 Å². The molecule has 128 valence electrons. The molecule has 0 spiro atoms. The van der Waals surface area contributed by atoms with Crippen molar-refractivity contribution >= 4 is 6.03 Å². The van der Waals surface area contributed by atoms with E-state index in [-0.39, 0.29) is 12.1 Å². The monoisotopic (exact) mass is 331 g/mol. The van der Waals surface area contributed by atoms with Gasteiger partial charge in [0.15, 0.2) is 17.3 Å². The molecule has 2 amide bonds. The quantitative estimate of drug-likeness (QED) is 0.869. The van der Waals surface area contributed by atoms with Crippen LogP contribution in [0.25, 0.3) is 0 Å². The molecule has 8 nitrogen and oxygen atoms in total. The van der Waals surface area contributed by atoms with E-state index in [1.54, 1.807) is 6.33 Å². The van der Waals surface area contributed by atoms with Crippen molar-refractivity contribution in [3.63, 3.8) is 0 Å². The van der Waals surface area contributed by atoms with Crippen molar-refractivity contribution in [1.29, 1.82) is 0 Å². The van der Waals surface area contributed by atoms with Crippen LogP contribution in [0.1, 0.15) is 31.3 Å². The van der Waals surface area contributed by atoms with Gasteiger partial charge < -0.3 is 24.7 Å². The summed E-state index contributed by atoms with van der Waals surface area (Å²) in [6.07, 6.45) is 1.65. The molecular weight excluding hydrogens is 310 g/mol. The van der Waals surface area contributed by atoms with Crippen molar-refractivity contribution < 1.29 is 14.3 Å². The molecule has 8 heteroatoms. The van der Waals surface area contributed by atoms with Gasteiger partial charge in [-0.3, -0.25) is 0 Å². The molecule has 0 fully saturated rings. The van der Waals surface area contributed by atoms with Crippen molar-refractivity contribution in [2.45, 2.75) is 33.0 Å². The highest BCUT2D eigenvalue weighted by molar-refractivity contribution is 5.74. The van der Waals surface area contributed by atoms with E-state index in [1.165, 1.54) is 0 Å². The highest BCUT2D eigenvalue weighted by Crippen LogP contribution is 2.32. The summed E-state index contributed by atoms with van der Waals surface area (Å²) in [6, 6.07) is 5.26. The SMILES string of the molecule is CCn1cnnc1CNC(=O)N[C@@H](C)c1ccc2c(c1)OCCO2. The zero-order valence-corrected chi connectivity index (χ0v) is 13.8. The number of ether oxygens (including phenoxy) is 2. The van der Waals surface area contributed by atoms with E-state index in [1.807, 2.05) is 36.6 Å². The Morgan fingerprint density at radius 2 is 2.12 bits per heavy atom. The Bertz CT molecular complexity index is 715. The molecule has 1 aromatic carbocycles. The fourth-order valence-corrected chi connectivity index (χ4v) is 2.50. The third-order valence-electron chi connectivity index (χ3n) is 3.86. The Balaban J connectivity index is 1.56. The van der Waals surface area contributed by atoms with Crippen LogP contribution in [0.15, 0.2) is 24.5 Å². The lowest BCUT2D eigenvalue weighted by Crippen LogP contribution is -2.37. The number of amides is 2.